The van der Waals surface area contributed by atoms with Crippen LogP contribution in [0.25, 0.3) is 0 Å². The zero-order valence-electron chi connectivity index (χ0n) is 6.78. The molecule has 0 aliphatic rings. The Morgan fingerprint density at radius 3 is 2.09 bits per heavy atom. The number of rotatable bonds is 3. The Labute approximate surface area is 64.8 Å². The number of nitrogens with two attached hydrogens (primary N) is 1. The van der Waals surface area contributed by atoms with Gasteiger partial charge in [0.25, 0.3) is 0 Å². The van der Waals surface area contributed by atoms with Crippen LogP contribution >= 0.6 is 0 Å². The average Bonchev–Trinajstić information content (AvgIpc) is 1.85. The lowest BCUT2D eigenvalue weighted by Crippen LogP contribution is -2.29. The molecule has 0 bridgehead atoms. The highest BCUT2D eigenvalue weighted by atomic mass is 19.4. The third-order valence-corrected chi connectivity index (χ3v) is 1.74. The van der Waals surface area contributed by atoms with Crippen LogP contribution < -0.4 is 5.73 Å². The molecule has 11 heavy (non-hydrogen) atoms. The van der Waals surface area contributed by atoms with Crippen molar-refractivity contribution in [2.45, 2.75) is 38.9 Å². The highest BCUT2D eigenvalue weighted by Crippen LogP contribution is 2.29. The van der Waals surface area contributed by atoms with E-state index in [0.717, 1.165) is 6.92 Å². The zero-order chi connectivity index (χ0) is 9.07. The van der Waals surface area contributed by atoms with Crippen molar-refractivity contribution in [2.24, 2.45) is 11.7 Å². The van der Waals surface area contributed by atoms with E-state index in [9.17, 15) is 13.2 Å². The van der Waals surface area contributed by atoms with Crippen molar-refractivity contribution in [1.82, 2.24) is 0 Å². The van der Waals surface area contributed by atoms with Crippen molar-refractivity contribution in [2.75, 3.05) is 0 Å². The van der Waals surface area contributed by atoms with Gasteiger partial charge in [0.1, 0.15) is 0 Å². The van der Waals surface area contributed by atoms with Crippen LogP contribution in [0.15, 0.2) is 0 Å². The highest BCUT2D eigenvalue weighted by Gasteiger charge is 2.36. The standard InChI is InChI=1S/C7H14F3N/c1-3-6(11)4-5(2)7(8,9)10/h5-6H,3-4,11H2,1-2H3. The van der Waals surface area contributed by atoms with Crippen LogP contribution in [0.2, 0.25) is 0 Å². The first-order valence-corrected chi connectivity index (χ1v) is 3.70. The lowest BCUT2D eigenvalue weighted by Gasteiger charge is -2.18. The normalized spacial score (nSPS) is 18.0. The van der Waals surface area contributed by atoms with Gasteiger partial charge in [-0.25, -0.2) is 0 Å². The lowest BCUT2D eigenvalue weighted by molar-refractivity contribution is -0.172. The summed E-state index contributed by atoms with van der Waals surface area (Å²) in [6.45, 7) is 2.95. The van der Waals surface area contributed by atoms with Gasteiger partial charge in [0.05, 0.1) is 5.92 Å². The van der Waals surface area contributed by atoms with E-state index in [4.69, 9.17) is 5.73 Å². The fourth-order valence-corrected chi connectivity index (χ4v) is 0.754. The molecule has 68 valence electrons. The van der Waals surface area contributed by atoms with Crippen LogP contribution in [0.4, 0.5) is 13.2 Å². The second-order valence-corrected chi connectivity index (χ2v) is 2.85. The van der Waals surface area contributed by atoms with Crippen LogP contribution in [0.3, 0.4) is 0 Å². The van der Waals surface area contributed by atoms with E-state index in [1.54, 1.807) is 6.92 Å². The number of hydrogen-bond donors (Lipinski definition) is 1. The van der Waals surface area contributed by atoms with E-state index in [1.165, 1.54) is 0 Å². The Bertz CT molecular complexity index is 111. The second kappa shape index (κ2) is 3.95. The molecule has 2 N–H and O–H groups in total. The molecule has 0 saturated carbocycles. The minimum Gasteiger partial charge on any atom is -0.328 e. The van der Waals surface area contributed by atoms with E-state index < -0.39 is 12.1 Å². The molecule has 0 saturated heterocycles. The summed E-state index contributed by atoms with van der Waals surface area (Å²) in [6, 6.07) is -0.327. The predicted octanol–water partition coefficient (Wildman–Crippen LogP) is 2.31. The summed E-state index contributed by atoms with van der Waals surface area (Å²) in [4.78, 5) is 0. The highest BCUT2D eigenvalue weighted by molar-refractivity contribution is 4.69. The first-order chi connectivity index (χ1) is 4.88. The minimum absolute atomic E-state index is 0.0278. The molecule has 0 heterocycles. The molecule has 0 rings (SSSR count). The van der Waals surface area contributed by atoms with Crippen molar-refractivity contribution in [3.63, 3.8) is 0 Å². The average molecular weight is 169 g/mol. The van der Waals surface area contributed by atoms with E-state index in [1.807, 2.05) is 0 Å². The Morgan fingerprint density at radius 1 is 1.36 bits per heavy atom. The lowest BCUT2D eigenvalue weighted by atomic mass is 10.0. The van der Waals surface area contributed by atoms with Crippen molar-refractivity contribution < 1.29 is 13.2 Å². The van der Waals surface area contributed by atoms with Gasteiger partial charge in [-0.3, -0.25) is 0 Å². The molecular weight excluding hydrogens is 155 g/mol. The maximum absolute atomic E-state index is 11.9. The van der Waals surface area contributed by atoms with Crippen molar-refractivity contribution in [3.8, 4) is 0 Å². The molecule has 0 aromatic heterocycles. The smallest absolute Gasteiger partial charge is 0.328 e. The Kier molecular flexibility index (Phi) is 3.86. The van der Waals surface area contributed by atoms with Crippen LogP contribution in [-0.2, 0) is 0 Å². The van der Waals surface area contributed by atoms with Gasteiger partial charge in [0.15, 0.2) is 0 Å². The molecule has 0 aromatic rings. The van der Waals surface area contributed by atoms with E-state index in [-0.39, 0.29) is 12.5 Å². The molecule has 4 heteroatoms. The summed E-state index contributed by atoms with van der Waals surface area (Å²) in [7, 11) is 0. The van der Waals surface area contributed by atoms with Crippen molar-refractivity contribution in [1.29, 1.82) is 0 Å². The van der Waals surface area contributed by atoms with Gasteiger partial charge in [-0.15, -0.1) is 0 Å². The van der Waals surface area contributed by atoms with Crippen LogP contribution in [0.5, 0.6) is 0 Å². The molecule has 0 fully saturated rings. The summed E-state index contributed by atoms with van der Waals surface area (Å²) in [5.41, 5.74) is 5.37. The molecule has 0 aromatic carbocycles. The zero-order valence-corrected chi connectivity index (χ0v) is 6.78. The van der Waals surface area contributed by atoms with Gasteiger partial charge in [0.2, 0.25) is 0 Å². The maximum Gasteiger partial charge on any atom is 0.391 e. The Balaban J connectivity index is 3.77. The van der Waals surface area contributed by atoms with Gasteiger partial charge in [-0.1, -0.05) is 13.8 Å². The molecule has 2 unspecified atom stereocenters. The number of halogens is 3. The molecule has 0 amide bonds. The molecule has 0 radical (unpaired) electrons. The van der Waals surface area contributed by atoms with Gasteiger partial charge in [-0.05, 0) is 12.8 Å². The quantitative estimate of drug-likeness (QED) is 0.689. The summed E-state index contributed by atoms with van der Waals surface area (Å²) >= 11 is 0. The van der Waals surface area contributed by atoms with Crippen molar-refractivity contribution >= 4 is 0 Å². The predicted molar refractivity (Wildman–Crippen MR) is 38.1 cm³/mol. The molecule has 2 atom stereocenters. The fourth-order valence-electron chi connectivity index (χ4n) is 0.754. The summed E-state index contributed by atoms with van der Waals surface area (Å²) in [5, 5.41) is 0. The Hall–Kier alpha value is -0.250. The van der Waals surface area contributed by atoms with E-state index >= 15 is 0 Å². The first-order valence-electron chi connectivity index (χ1n) is 3.70. The third-order valence-electron chi connectivity index (χ3n) is 1.74. The molecular formula is C7H14F3N. The minimum atomic E-state index is -4.09. The Morgan fingerprint density at radius 2 is 1.82 bits per heavy atom. The third kappa shape index (κ3) is 4.24. The fraction of sp³-hybridized carbons (Fsp3) is 1.00. The van der Waals surface area contributed by atoms with Gasteiger partial charge >= 0.3 is 6.18 Å². The van der Waals surface area contributed by atoms with Crippen LogP contribution in [0.1, 0.15) is 26.7 Å². The molecule has 0 aliphatic carbocycles. The van der Waals surface area contributed by atoms with Gasteiger partial charge < -0.3 is 5.73 Å². The summed E-state index contributed by atoms with van der Waals surface area (Å²) in [6.07, 6.45) is -3.47. The summed E-state index contributed by atoms with van der Waals surface area (Å²) < 4.78 is 35.7. The van der Waals surface area contributed by atoms with Gasteiger partial charge in [0, 0.05) is 6.04 Å². The van der Waals surface area contributed by atoms with Crippen molar-refractivity contribution in [3.05, 3.63) is 0 Å². The van der Waals surface area contributed by atoms with E-state index in [0.29, 0.717) is 6.42 Å². The molecule has 1 nitrogen and oxygen atoms in total. The van der Waals surface area contributed by atoms with Crippen LogP contribution in [0, 0.1) is 5.92 Å². The number of hydrogen-bond acceptors (Lipinski definition) is 1. The summed E-state index contributed by atoms with van der Waals surface area (Å²) in [5.74, 6) is -1.28. The van der Waals surface area contributed by atoms with Gasteiger partial charge in [-0.2, -0.15) is 13.2 Å². The maximum atomic E-state index is 11.9. The topological polar surface area (TPSA) is 26.0 Å². The molecule has 0 aliphatic heterocycles. The largest absolute Gasteiger partial charge is 0.391 e. The SMILES string of the molecule is CCC(N)CC(C)C(F)(F)F. The van der Waals surface area contributed by atoms with Crippen LogP contribution in [-0.4, -0.2) is 12.2 Å². The first kappa shape index (κ1) is 10.8. The second-order valence-electron chi connectivity index (χ2n) is 2.85. The number of alkyl halides is 3. The van der Waals surface area contributed by atoms with E-state index in [2.05, 4.69) is 0 Å². The molecule has 0 spiro atoms. The monoisotopic (exact) mass is 169 g/mol.